The van der Waals surface area contributed by atoms with Crippen LogP contribution >= 0.6 is 11.3 Å². The Bertz CT molecular complexity index is 397. The summed E-state index contributed by atoms with van der Waals surface area (Å²) in [4.78, 5) is 8.21. The van der Waals surface area contributed by atoms with Crippen molar-refractivity contribution < 1.29 is 5.11 Å². The van der Waals surface area contributed by atoms with E-state index in [0.29, 0.717) is 6.04 Å². The van der Waals surface area contributed by atoms with Crippen LogP contribution in [0.2, 0.25) is 0 Å². The van der Waals surface area contributed by atoms with Crippen LogP contribution in [0.25, 0.3) is 0 Å². The number of nitrogens with zero attached hydrogens (tertiary/aromatic N) is 2. The van der Waals surface area contributed by atoms with Gasteiger partial charge in [0.2, 0.25) is 0 Å². The smallest absolute Gasteiger partial charge is 0.186 e. The van der Waals surface area contributed by atoms with Crippen LogP contribution in [0.3, 0.4) is 0 Å². The first kappa shape index (κ1) is 14.8. The van der Waals surface area contributed by atoms with E-state index in [9.17, 15) is 5.11 Å². The van der Waals surface area contributed by atoms with E-state index in [4.69, 9.17) is 0 Å². The van der Waals surface area contributed by atoms with E-state index in [2.05, 4.69) is 23.7 Å². The minimum Gasteiger partial charge on any atom is -0.391 e. The number of aliphatic hydroxyl groups excluding tert-OH is 1. The fraction of sp³-hybridized carbons (Fsp3) is 0.800. The second-order valence-corrected chi connectivity index (χ2v) is 7.04. The Kier molecular flexibility index (Phi) is 5.22. The van der Waals surface area contributed by atoms with Gasteiger partial charge in [-0.1, -0.05) is 38.0 Å². The lowest BCUT2D eigenvalue weighted by Crippen LogP contribution is -2.34. The molecule has 1 aromatic rings. The molecular formula is C15H26N2OS. The van der Waals surface area contributed by atoms with E-state index >= 15 is 0 Å². The van der Waals surface area contributed by atoms with E-state index in [1.807, 2.05) is 6.92 Å². The molecule has 0 atom stereocenters. The fourth-order valence-electron chi connectivity index (χ4n) is 2.73. The number of thiazole rings is 1. The Morgan fingerprint density at radius 3 is 2.58 bits per heavy atom. The molecule has 0 aromatic carbocycles. The number of aromatic nitrogens is 1. The summed E-state index contributed by atoms with van der Waals surface area (Å²) < 4.78 is 0. The van der Waals surface area contributed by atoms with Crippen molar-refractivity contribution in [1.29, 1.82) is 0 Å². The number of hydrogen-bond donors (Lipinski definition) is 1. The summed E-state index contributed by atoms with van der Waals surface area (Å²) in [5, 5.41) is 10.5. The van der Waals surface area contributed by atoms with E-state index in [1.54, 1.807) is 11.3 Å². The highest BCUT2D eigenvalue weighted by molar-refractivity contribution is 7.15. The van der Waals surface area contributed by atoms with Gasteiger partial charge < -0.3 is 10.0 Å². The van der Waals surface area contributed by atoms with Crippen molar-refractivity contribution >= 4 is 16.5 Å². The second kappa shape index (κ2) is 6.71. The highest BCUT2D eigenvalue weighted by Crippen LogP contribution is 2.33. The van der Waals surface area contributed by atoms with Gasteiger partial charge in [0.1, 0.15) is 0 Å². The molecule has 1 aromatic heterocycles. The van der Waals surface area contributed by atoms with Crippen molar-refractivity contribution in [2.24, 2.45) is 5.92 Å². The van der Waals surface area contributed by atoms with Gasteiger partial charge >= 0.3 is 0 Å². The zero-order valence-corrected chi connectivity index (χ0v) is 13.2. The molecule has 0 aliphatic heterocycles. The lowest BCUT2D eigenvalue weighted by Gasteiger charge is -2.29. The molecule has 1 aliphatic carbocycles. The van der Waals surface area contributed by atoms with Crippen LogP contribution < -0.4 is 4.90 Å². The Labute approximate surface area is 120 Å². The average molecular weight is 282 g/mol. The summed E-state index contributed by atoms with van der Waals surface area (Å²) in [6.45, 7) is 7.77. The molecule has 0 radical (unpaired) electrons. The summed E-state index contributed by atoms with van der Waals surface area (Å²) >= 11 is 1.67. The molecular weight excluding hydrogens is 256 g/mol. The Balaban J connectivity index is 2.14. The third-order valence-electron chi connectivity index (χ3n) is 3.98. The molecule has 1 heterocycles. The van der Waals surface area contributed by atoms with E-state index in [-0.39, 0.29) is 6.61 Å². The van der Waals surface area contributed by atoms with Gasteiger partial charge in [0.05, 0.1) is 17.2 Å². The van der Waals surface area contributed by atoms with Crippen LogP contribution in [0.15, 0.2) is 0 Å². The Morgan fingerprint density at radius 1 is 1.37 bits per heavy atom. The highest BCUT2D eigenvalue weighted by Gasteiger charge is 2.25. The monoisotopic (exact) mass is 282 g/mol. The van der Waals surface area contributed by atoms with Gasteiger partial charge in [-0.15, -0.1) is 0 Å². The molecule has 0 bridgehead atoms. The van der Waals surface area contributed by atoms with E-state index in [1.165, 1.54) is 32.1 Å². The average Bonchev–Trinajstić information content (AvgIpc) is 2.99. The third kappa shape index (κ3) is 3.69. The maximum Gasteiger partial charge on any atom is 0.186 e. The molecule has 1 aliphatic rings. The van der Waals surface area contributed by atoms with Crippen molar-refractivity contribution in [3.05, 3.63) is 10.6 Å². The number of aryl methyl sites for hydroxylation is 1. The van der Waals surface area contributed by atoms with Crippen LogP contribution in [0.1, 0.15) is 56.5 Å². The van der Waals surface area contributed by atoms with E-state index < -0.39 is 0 Å². The van der Waals surface area contributed by atoms with Crippen molar-refractivity contribution in [3.8, 4) is 0 Å². The maximum absolute atomic E-state index is 9.35. The minimum atomic E-state index is 0.117. The lowest BCUT2D eigenvalue weighted by molar-refractivity contribution is 0.284. The number of anilines is 1. The van der Waals surface area contributed by atoms with Crippen molar-refractivity contribution in [3.63, 3.8) is 0 Å². The molecule has 1 N–H and O–H groups in total. The normalized spacial score (nSPS) is 16.5. The number of hydrogen-bond acceptors (Lipinski definition) is 4. The minimum absolute atomic E-state index is 0.117. The summed E-state index contributed by atoms with van der Waals surface area (Å²) in [5.41, 5.74) is 0.995. The summed E-state index contributed by atoms with van der Waals surface area (Å²) in [6, 6.07) is 0.663. The highest BCUT2D eigenvalue weighted by atomic mass is 32.1. The van der Waals surface area contributed by atoms with Crippen molar-refractivity contribution in [2.75, 3.05) is 11.4 Å². The molecule has 0 amide bonds. The first-order chi connectivity index (χ1) is 9.11. The molecule has 1 fully saturated rings. The zero-order chi connectivity index (χ0) is 13.8. The summed E-state index contributed by atoms with van der Waals surface area (Å²) in [6.07, 6.45) is 6.50. The summed E-state index contributed by atoms with van der Waals surface area (Å²) in [5.74, 6) is 0.724. The van der Waals surface area contributed by atoms with Crippen molar-refractivity contribution in [1.82, 2.24) is 4.98 Å². The van der Waals surface area contributed by atoms with Gasteiger partial charge in [-0.05, 0) is 32.1 Å². The van der Waals surface area contributed by atoms with Crippen LogP contribution in [0.5, 0.6) is 0 Å². The van der Waals surface area contributed by atoms with Crippen LogP contribution in [0.4, 0.5) is 5.13 Å². The Morgan fingerprint density at radius 2 is 2.05 bits per heavy atom. The van der Waals surface area contributed by atoms with Crippen molar-refractivity contribution in [2.45, 2.75) is 65.5 Å². The van der Waals surface area contributed by atoms with E-state index in [0.717, 1.165) is 28.2 Å². The Hall–Kier alpha value is -0.610. The van der Waals surface area contributed by atoms with Gasteiger partial charge in [0, 0.05) is 12.6 Å². The number of aliphatic hydroxyl groups is 1. The predicted molar refractivity (Wildman–Crippen MR) is 81.8 cm³/mol. The quantitative estimate of drug-likeness (QED) is 0.863. The SMILES string of the molecule is Cc1nc(N(CCC(C)C)C2CCCC2)sc1CO. The first-order valence-electron chi connectivity index (χ1n) is 7.45. The third-order valence-corrected chi connectivity index (χ3v) is 5.16. The van der Waals surface area contributed by atoms with Crippen LogP contribution in [-0.2, 0) is 6.61 Å². The molecule has 0 saturated heterocycles. The second-order valence-electron chi connectivity index (χ2n) is 5.98. The molecule has 0 spiro atoms. The molecule has 1 saturated carbocycles. The van der Waals surface area contributed by atoms with Crippen LogP contribution in [-0.4, -0.2) is 22.7 Å². The van der Waals surface area contributed by atoms with Crippen LogP contribution in [0, 0.1) is 12.8 Å². The molecule has 2 rings (SSSR count). The first-order valence-corrected chi connectivity index (χ1v) is 8.27. The molecule has 108 valence electrons. The zero-order valence-electron chi connectivity index (χ0n) is 12.4. The maximum atomic E-state index is 9.35. The molecule has 0 unspecified atom stereocenters. The van der Waals surface area contributed by atoms with Gasteiger partial charge in [0.25, 0.3) is 0 Å². The van der Waals surface area contributed by atoms with Gasteiger partial charge in [0.15, 0.2) is 5.13 Å². The van der Waals surface area contributed by atoms with Gasteiger partial charge in [-0.3, -0.25) is 0 Å². The van der Waals surface area contributed by atoms with Gasteiger partial charge in [-0.25, -0.2) is 4.98 Å². The number of rotatable bonds is 6. The largest absolute Gasteiger partial charge is 0.391 e. The fourth-order valence-corrected chi connectivity index (χ4v) is 3.75. The molecule has 4 heteroatoms. The molecule has 3 nitrogen and oxygen atoms in total. The standard InChI is InChI=1S/C15H26N2OS/c1-11(2)8-9-17(13-6-4-5-7-13)15-16-12(3)14(10-18)19-15/h11,13,18H,4-10H2,1-3H3. The predicted octanol–water partition coefficient (Wildman–Crippen LogP) is 3.74. The topological polar surface area (TPSA) is 36.4 Å². The lowest BCUT2D eigenvalue weighted by atomic mass is 10.1. The molecule has 19 heavy (non-hydrogen) atoms. The summed E-state index contributed by atoms with van der Waals surface area (Å²) in [7, 11) is 0. The van der Waals surface area contributed by atoms with Gasteiger partial charge in [-0.2, -0.15) is 0 Å².